The van der Waals surface area contributed by atoms with Crippen LogP contribution in [0.1, 0.15) is 19.4 Å². The summed E-state index contributed by atoms with van der Waals surface area (Å²) in [6.45, 7) is 2.80. The third-order valence-corrected chi connectivity index (χ3v) is 1.62. The number of hydrogen-bond acceptors (Lipinski definition) is 5. The first-order valence-electron chi connectivity index (χ1n) is 4.65. The van der Waals surface area contributed by atoms with Gasteiger partial charge in [-0.1, -0.05) is 12.1 Å². The maximum atomic E-state index is 10.6. The third-order valence-electron chi connectivity index (χ3n) is 1.62. The first-order chi connectivity index (χ1) is 7.58. The molecule has 0 saturated carbocycles. The lowest BCUT2D eigenvalue weighted by Crippen LogP contribution is -2.03. The van der Waals surface area contributed by atoms with E-state index in [2.05, 4.69) is 4.89 Å². The molecule has 0 amide bonds. The summed E-state index contributed by atoms with van der Waals surface area (Å²) in [5.41, 5.74) is 0.824. The van der Waals surface area contributed by atoms with Crippen molar-refractivity contribution in [2.24, 2.45) is 0 Å². The minimum absolute atomic E-state index is 0.211. The number of carbonyl (C=O) groups excluding carboxylic acids is 2. The second-order valence-corrected chi connectivity index (χ2v) is 3.08. The third kappa shape index (κ3) is 4.45. The predicted molar refractivity (Wildman–Crippen MR) is 54.3 cm³/mol. The van der Waals surface area contributed by atoms with Gasteiger partial charge in [-0.05, 0) is 17.7 Å². The fourth-order valence-electron chi connectivity index (χ4n) is 0.933. The fourth-order valence-corrected chi connectivity index (χ4v) is 0.933. The summed E-state index contributed by atoms with van der Waals surface area (Å²) >= 11 is 0. The van der Waals surface area contributed by atoms with E-state index in [-0.39, 0.29) is 12.6 Å². The molecule has 1 aromatic rings. The zero-order valence-corrected chi connectivity index (χ0v) is 9.06. The monoisotopic (exact) mass is 224 g/mol. The van der Waals surface area contributed by atoms with Gasteiger partial charge >= 0.3 is 11.9 Å². The van der Waals surface area contributed by atoms with Crippen molar-refractivity contribution in [3.8, 4) is 5.75 Å². The number of ether oxygens (including phenoxy) is 1. The Hall–Kier alpha value is -2.04. The van der Waals surface area contributed by atoms with Crippen molar-refractivity contribution in [2.75, 3.05) is 0 Å². The van der Waals surface area contributed by atoms with Crippen molar-refractivity contribution in [3.63, 3.8) is 0 Å². The standard InChI is InChI=1S/C11H12O5/c1-8(12)14-7-10-3-5-11(6-4-10)16-15-9(2)13/h3-6H,7H2,1-2H3. The lowest BCUT2D eigenvalue weighted by atomic mass is 10.2. The van der Waals surface area contributed by atoms with Crippen LogP contribution in [0.25, 0.3) is 0 Å². The molecular formula is C11H12O5. The zero-order chi connectivity index (χ0) is 12.0. The van der Waals surface area contributed by atoms with Gasteiger partial charge < -0.3 is 4.74 Å². The van der Waals surface area contributed by atoms with Gasteiger partial charge in [0.25, 0.3) is 0 Å². The molecule has 0 heterocycles. The van der Waals surface area contributed by atoms with E-state index in [0.717, 1.165) is 5.56 Å². The first-order valence-corrected chi connectivity index (χ1v) is 4.65. The Morgan fingerprint density at radius 1 is 1.06 bits per heavy atom. The molecule has 0 aliphatic heterocycles. The second kappa shape index (κ2) is 5.75. The Morgan fingerprint density at radius 2 is 1.69 bits per heavy atom. The van der Waals surface area contributed by atoms with Gasteiger partial charge in [0.2, 0.25) is 0 Å². The molecule has 86 valence electrons. The maximum Gasteiger partial charge on any atom is 0.352 e. The van der Waals surface area contributed by atoms with Crippen LogP contribution in [-0.2, 0) is 25.8 Å². The quantitative estimate of drug-likeness (QED) is 0.441. The molecule has 5 nitrogen and oxygen atoms in total. The Bertz CT molecular complexity index is 331. The molecule has 0 aliphatic carbocycles. The molecule has 16 heavy (non-hydrogen) atoms. The molecule has 0 unspecified atom stereocenters. The first kappa shape index (κ1) is 12.0. The SMILES string of the molecule is CC(=O)OCc1ccc(OOC(C)=O)cc1. The highest BCUT2D eigenvalue weighted by atomic mass is 17.2. The minimum atomic E-state index is -0.524. The topological polar surface area (TPSA) is 61.8 Å². The number of carbonyl (C=O) groups is 2. The van der Waals surface area contributed by atoms with Gasteiger partial charge in [0.05, 0.1) is 0 Å². The molecule has 1 rings (SSSR count). The van der Waals surface area contributed by atoms with E-state index in [1.165, 1.54) is 13.8 Å². The van der Waals surface area contributed by atoms with Crippen LogP contribution in [0.15, 0.2) is 24.3 Å². The Kier molecular flexibility index (Phi) is 4.32. The van der Waals surface area contributed by atoms with E-state index < -0.39 is 5.97 Å². The lowest BCUT2D eigenvalue weighted by molar-refractivity contribution is -0.210. The molecule has 0 spiro atoms. The van der Waals surface area contributed by atoms with Gasteiger partial charge in [-0.15, -0.1) is 0 Å². The van der Waals surface area contributed by atoms with E-state index in [4.69, 9.17) is 9.62 Å². The molecule has 0 aliphatic rings. The average Bonchev–Trinajstić information content (AvgIpc) is 2.25. The van der Waals surface area contributed by atoms with Crippen LogP contribution in [0.3, 0.4) is 0 Å². The van der Waals surface area contributed by atoms with Crippen molar-refractivity contribution in [3.05, 3.63) is 29.8 Å². The van der Waals surface area contributed by atoms with Crippen LogP contribution in [-0.4, -0.2) is 11.9 Å². The smallest absolute Gasteiger partial charge is 0.352 e. The summed E-state index contributed by atoms with van der Waals surface area (Å²) in [6.07, 6.45) is 0. The van der Waals surface area contributed by atoms with Crippen LogP contribution >= 0.6 is 0 Å². The van der Waals surface area contributed by atoms with Gasteiger partial charge in [0.1, 0.15) is 6.61 Å². The summed E-state index contributed by atoms with van der Waals surface area (Å²) < 4.78 is 4.80. The van der Waals surface area contributed by atoms with Crippen LogP contribution < -0.4 is 4.89 Å². The molecular weight excluding hydrogens is 212 g/mol. The number of rotatable bonds is 4. The van der Waals surface area contributed by atoms with Gasteiger partial charge in [0.15, 0.2) is 5.75 Å². The van der Waals surface area contributed by atoms with Gasteiger partial charge in [-0.3, -0.25) is 14.6 Å². The average molecular weight is 224 g/mol. The van der Waals surface area contributed by atoms with E-state index in [1.807, 2.05) is 0 Å². The molecule has 0 fully saturated rings. The highest BCUT2D eigenvalue weighted by molar-refractivity contribution is 5.66. The van der Waals surface area contributed by atoms with Crippen LogP contribution in [0.2, 0.25) is 0 Å². The maximum absolute atomic E-state index is 10.6. The van der Waals surface area contributed by atoms with Crippen LogP contribution in [0, 0.1) is 0 Å². The van der Waals surface area contributed by atoms with Crippen molar-refractivity contribution in [1.29, 1.82) is 0 Å². The van der Waals surface area contributed by atoms with Crippen molar-refractivity contribution in [1.82, 2.24) is 0 Å². The summed E-state index contributed by atoms with van der Waals surface area (Å²) in [7, 11) is 0. The van der Waals surface area contributed by atoms with Crippen molar-refractivity contribution < 1.29 is 24.1 Å². The normalized spacial score (nSPS) is 9.38. The van der Waals surface area contributed by atoms with E-state index >= 15 is 0 Å². The Morgan fingerprint density at radius 3 is 2.19 bits per heavy atom. The van der Waals surface area contributed by atoms with Crippen LogP contribution in [0.5, 0.6) is 5.75 Å². The lowest BCUT2D eigenvalue weighted by Gasteiger charge is -2.04. The molecule has 0 bridgehead atoms. The van der Waals surface area contributed by atoms with Gasteiger partial charge in [-0.25, -0.2) is 4.79 Å². The number of esters is 1. The van der Waals surface area contributed by atoms with Crippen LogP contribution in [0.4, 0.5) is 0 Å². The summed E-state index contributed by atoms with van der Waals surface area (Å²) in [5.74, 6) is -0.453. The molecule has 0 saturated heterocycles. The highest BCUT2D eigenvalue weighted by Crippen LogP contribution is 2.13. The second-order valence-electron chi connectivity index (χ2n) is 3.08. The highest BCUT2D eigenvalue weighted by Gasteiger charge is 2.00. The van der Waals surface area contributed by atoms with Crippen molar-refractivity contribution in [2.45, 2.75) is 20.5 Å². The van der Waals surface area contributed by atoms with Crippen molar-refractivity contribution >= 4 is 11.9 Å². The molecule has 5 heteroatoms. The molecule has 0 N–H and O–H groups in total. The Balaban J connectivity index is 2.47. The van der Waals surface area contributed by atoms with E-state index in [9.17, 15) is 9.59 Å². The fraction of sp³-hybridized carbons (Fsp3) is 0.273. The summed E-state index contributed by atoms with van der Waals surface area (Å²) in [4.78, 5) is 30.0. The molecule has 0 radical (unpaired) electrons. The number of hydrogen-bond donors (Lipinski definition) is 0. The van der Waals surface area contributed by atoms with E-state index in [1.54, 1.807) is 24.3 Å². The zero-order valence-electron chi connectivity index (χ0n) is 9.06. The largest absolute Gasteiger partial charge is 0.461 e. The van der Waals surface area contributed by atoms with Gasteiger partial charge in [-0.2, -0.15) is 0 Å². The van der Waals surface area contributed by atoms with E-state index in [0.29, 0.717) is 5.75 Å². The molecule has 0 atom stereocenters. The molecule has 1 aromatic carbocycles. The number of benzene rings is 1. The predicted octanol–water partition coefficient (Wildman–Crippen LogP) is 1.61. The Labute approximate surface area is 92.8 Å². The minimum Gasteiger partial charge on any atom is -0.461 e. The molecule has 0 aromatic heterocycles. The van der Waals surface area contributed by atoms with Gasteiger partial charge in [0, 0.05) is 13.8 Å². The summed E-state index contributed by atoms with van der Waals surface area (Å²) in [5, 5.41) is 0. The summed E-state index contributed by atoms with van der Waals surface area (Å²) in [6, 6.07) is 6.65.